The lowest BCUT2D eigenvalue weighted by Crippen LogP contribution is -2.10. The molecule has 0 spiro atoms. The first-order valence-corrected chi connectivity index (χ1v) is 8.00. The number of rotatable bonds is 10. The summed E-state index contributed by atoms with van der Waals surface area (Å²) in [6.07, 6.45) is 8.59. The highest BCUT2D eigenvalue weighted by Crippen LogP contribution is 2.19. The predicted octanol–water partition coefficient (Wildman–Crippen LogP) is 5.23. The van der Waals surface area contributed by atoms with E-state index in [0.29, 0.717) is 18.1 Å². The molecule has 0 fully saturated rings. The quantitative estimate of drug-likeness (QED) is 0.432. The van der Waals surface area contributed by atoms with E-state index in [-0.39, 0.29) is 5.97 Å². The van der Waals surface area contributed by atoms with E-state index in [1.165, 1.54) is 38.5 Å². The topological polar surface area (TPSA) is 26.3 Å². The third-order valence-corrected chi connectivity index (χ3v) is 3.68. The van der Waals surface area contributed by atoms with Crippen molar-refractivity contribution in [3.63, 3.8) is 0 Å². The molecule has 0 saturated carbocycles. The van der Waals surface area contributed by atoms with Crippen LogP contribution < -0.4 is 0 Å². The summed E-state index contributed by atoms with van der Waals surface area (Å²) in [5.74, 6) is 0.504. The van der Waals surface area contributed by atoms with Gasteiger partial charge in [-0.3, -0.25) is 0 Å². The number of hydrogen-bond donors (Lipinski definition) is 0. The number of carbonyl (C=O) groups excluding carboxylic acids is 1. The lowest BCUT2D eigenvalue weighted by molar-refractivity contribution is 0.0478. The molecule has 2 nitrogen and oxygen atoms in total. The molecule has 0 saturated heterocycles. The molecule has 1 atom stereocenters. The summed E-state index contributed by atoms with van der Waals surface area (Å²) < 4.78 is 5.37. The van der Waals surface area contributed by atoms with Crippen LogP contribution in [-0.2, 0) is 4.74 Å². The van der Waals surface area contributed by atoms with E-state index < -0.39 is 0 Å². The Bertz CT molecular complexity index is 359. The van der Waals surface area contributed by atoms with Gasteiger partial charge < -0.3 is 4.74 Å². The molecule has 1 rings (SSSR count). The van der Waals surface area contributed by atoms with Crippen molar-refractivity contribution in [2.75, 3.05) is 6.61 Å². The summed E-state index contributed by atoms with van der Waals surface area (Å²) in [6.45, 7) is 5.00. The highest BCUT2D eigenvalue weighted by molar-refractivity contribution is 5.89. The molecule has 20 heavy (non-hydrogen) atoms. The van der Waals surface area contributed by atoms with Crippen LogP contribution in [0.3, 0.4) is 0 Å². The normalized spacial score (nSPS) is 12.1. The molecule has 2 heteroatoms. The molecule has 0 aromatic heterocycles. The van der Waals surface area contributed by atoms with E-state index in [9.17, 15) is 4.79 Å². The minimum Gasteiger partial charge on any atom is -0.462 e. The number of ether oxygens (including phenoxy) is 1. The van der Waals surface area contributed by atoms with Gasteiger partial charge in [0, 0.05) is 0 Å². The molecule has 0 radical (unpaired) electrons. The van der Waals surface area contributed by atoms with Gasteiger partial charge >= 0.3 is 5.97 Å². The Morgan fingerprint density at radius 3 is 2.40 bits per heavy atom. The van der Waals surface area contributed by atoms with Crippen LogP contribution in [-0.4, -0.2) is 12.6 Å². The molecule has 0 aliphatic rings. The largest absolute Gasteiger partial charge is 0.462 e. The maximum absolute atomic E-state index is 11.8. The fraction of sp³-hybridized carbons (Fsp3) is 0.611. The second kappa shape index (κ2) is 10.5. The molecule has 0 bridgehead atoms. The number of esters is 1. The lowest BCUT2D eigenvalue weighted by Gasteiger charge is -2.15. The molecule has 0 aliphatic carbocycles. The minimum absolute atomic E-state index is 0.200. The second-order valence-electron chi connectivity index (χ2n) is 5.44. The lowest BCUT2D eigenvalue weighted by atomic mass is 9.94. The number of unbranched alkanes of at least 4 members (excludes halogenated alkanes) is 2. The molecule has 112 valence electrons. The molecular weight excluding hydrogens is 248 g/mol. The van der Waals surface area contributed by atoms with Crippen molar-refractivity contribution in [2.45, 2.75) is 58.8 Å². The van der Waals surface area contributed by atoms with Crippen LogP contribution in [0.2, 0.25) is 0 Å². The smallest absolute Gasteiger partial charge is 0.338 e. The SMILES string of the molecule is CCCCCC(CCC)CCOC(=O)c1ccccc1. The molecule has 0 N–H and O–H groups in total. The second-order valence-corrected chi connectivity index (χ2v) is 5.44. The predicted molar refractivity (Wildman–Crippen MR) is 83.9 cm³/mol. The Kier molecular flexibility index (Phi) is 8.77. The number of carbonyl (C=O) groups is 1. The van der Waals surface area contributed by atoms with Gasteiger partial charge in [0.1, 0.15) is 0 Å². The highest BCUT2D eigenvalue weighted by Gasteiger charge is 2.10. The van der Waals surface area contributed by atoms with E-state index in [1.54, 1.807) is 12.1 Å². The van der Waals surface area contributed by atoms with Crippen molar-refractivity contribution < 1.29 is 9.53 Å². The summed E-state index contributed by atoms with van der Waals surface area (Å²) in [5.41, 5.74) is 0.644. The third-order valence-electron chi connectivity index (χ3n) is 3.68. The first kappa shape index (κ1) is 16.7. The van der Waals surface area contributed by atoms with Gasteiger partial charge in [0.05, 0.1) is 12.2 Å². The molecule has 1 aromatic rings. The molecular formula is C18H28O2. The fourth-order valence-electron chi connectivity index (χ4n) is 2.50. The van der Waals surface area contributed by atoms with Crippen LogP contribution in [0.25, 0.3) is 0 Å². The first-order chi connectivity index (χ1) is 9.77. The Balaban J connectivity index is 2.27. The van der Waals surface area contributed by atoms with Crippen molar-refractivity contribution in [3.05, 3.63) is 35.9 Å². The fourth-order valence-corrected chi connectivity index (χ4v) is 2.50. The standard InChI is InChI=1S/C18H28O2/c1-3-5-7-11-16(10-4-2)14-15-20-18(19)17-12-8-6-9-13-17/h6,8-9,12-13,16H,3-5,7,10-11,14-15H2,1-2H3. The van der Waals surface area contributed by atoms with Crippen LogP contribution in [0, 0.1) is 5.92 Å². The van der Waals surface area contributed by atoms with Crippen molar-refractivity contribution >= 4 is 5.97 Å². The summed E-state index contributed by atoms with van der Waals surface area (Å²) in [6, 6.07) is 9.23. The van der Waals surface area contributed by atoms with E-state index in [0.717, 1.165) is 6.42 Å². The Morgan fingerprint density at radius 1 is 1.00 bits per heavy atom. The molecule has 1 aromatic carbocycles. The molecule has 1 unspecified atom stereocenters. The summed E-state index contributed by atoms with van der Waals surface area (Å²) in [4.78, 5) is 11.8. The van der Waals surface area contributed by atoms with Gasteiger partial charge in [-0.25, -0.2) is 4.79 Å². The Labute approximate surface area is 123 Å². The summed E-state index contributed by atoms with van der Waals surface area (Å²) >= 11 is 0. The summed E-state index contributed by atoms with van der Waals surface area (Å²) in [7, 11) is 0. The van der Waals surface area contributed by atoms with E-state index in [1.807, 2.05) is 18.2 Å². The highest BCUT2D eigenvalue weighted by atomic mass is 16.5. The number of hydrogen-bond acceptors (Lipinski definition) is 2. The molecule has 0 amide bonds. The van der Waals surface area contributed by atoms with E-state index >= 15 is 0 Å². The van der Waals surface area contributed by atoms with Crippen molar-refractivity contribution in [2.24, 2.45) is 5.92 Å². The van der Waals surface area contributed by atoms with E-state index in [2.05, 4.69) is 13.8 Å². The van der Waals surface area contributed by atoms with Gasteiger partial charge in [-0.15, -0.1) is 0 Å². The van der Waals surface area contributed by atoms with Crippen LogP contribution in [0.1, 0.15) is 69.2 Å². The molecule has 0 aliphatic heterocycles. The van der Waals surface area contributed by atoms with Crippen LogP contribution in [0.15, 0.2) is 30.3 Å². The van der Waals surface area contributed by atoms with Gasteiger partial charge in [0.25, 0.3) is 0 Å². The maximum atomic E-state index is 11.8. The van der Waals surface area contributed by atoms with Gasteiger partial charge in [-0.1, -0.05) is 70.6 Å². The van der Waals surface area contributed by atoms with Crippen LogP contribution in [0.4, 0.5) is 0 Å². The Hall–Kier alpha value is -1.31. The first-order valence-electron chi connectivity index (χ1n) is 8.00. The monoisotopic (exact) mass is 276 g/mol. The van der Waals surface area contributed by atoms with Crippen molar-refractivity contribution in [3.8, 4) is 0 Å². The Morgan fingerprint density at radius 2 is 1.75 bits per heavy atom. The summed E-state index contributed by atoms with van der Waals surface area (Å²) in [5, 5.41) is 0. The zero-order valence-corrected chi connectivity index (χ0v) is 12.9. The third kappa shape index (κ3) is 6.74. The van der Waals surface area contributed by atoms with Gasteiger partial charge in [0.2, 0.25) is 0 Å². The van der Waals surface area contributed by atoms with Gasteiger partial charge in [0.15, 0.2) is 0 Å². The minimum atomic E-state index is -0.200. The van der Waals surface area contributed by atoms with Crippen LogP contribution in [0.5, 0.6) is 0 Å². The zero-order valence-electron chi connectivity index (χ0n) is 12.9. The maximum Gasteiger partial charge on any atom is 0.338 e. The van der Waals surface area contributed by atoms with Crippen LogP contribution >= 0.6 is 0 Å². The van der Waals surface area contributed by atoms with Gasteiger partial charge in [-0.2, -0.15) is 0 Å². The average Bonchev–Trinajstić information content (AvgIpc) is 2.48. The average molecular weight is 276 g/mol. The number of benzene rings is 1. The zero-order chi connectivity index (χ0) is 14.6. The van der Waals surface area contributed by atoms with Gasteiger partial charge in [-0.05, 0) is 24.5 Å². The molecule has 0 heterocycles. The van der Waals surface area contributed by atoms with Crippen molar-refractivity contribution in [1.82, 2.24) is 0 Å². The van der Waals surface area contributed by atoms with Crippen molar-refractivity contribution in [1.29, 1.82) is 0 Å². The van der Waals surface area contributed by atoms with E-state index in [4.69, 9.17) is 4.74 Å².